The van der Waals surface area contributed by atoms with E-state index in [-0.39, 0.29) is 11.6 Å². The van der Waals surface area contributed by atoms with Crippen molar-refractivity contribution in [2.24, 2.45) is 12.9 Å². The summed E-state index contributed by atoms with van der Waals surface area (Å²) in [5.74, 6) is 5.97. The van der Waals surface area contributed by atoms with Crippen LogP contribution in [0.2, 0.25) is 0 Å². The van der Waals surface area contributed by atoms with Gasteiger partial charge in [0.15, 0.2) is 0 Å². The molecule has 0 aromatic carbocycles. The van der Waals surface area contributed by atoms with Gasteiger partial charge < -0.3 is 0 Å². The lowest BCUT2D eigenvalue weighted by molar-refractivity contribution is 0.0360. The molecule has 1 aliphatic heterocycles. The summed E-state index contributed by atoms with van der Waals surface area (Å²) < 4.78 is 1.87. The summed E-state index contributed by atoms with van der Waals surface area (Å²) in [7, 11) is 1.97. The Balaban J connectivity index is 1.91. The fraction of sp³-hybridized carbons (Fsp3) is 0.800. The van der Waals surface area contributed by atoms with Crippen molar-refractivity contribution < 1.29 is 0 Å². The van der Waals surface area contributed by atoms with Gasteiger partial charge in [-0.3, -0.25) is 20.9 Å². The minimum absolute atomic E-state index is 0.191. The Morgan fingerprint density at radius 2 is 1.90 bits per heavy atom. The molecular formula is C15H27N5. The van der Waals surface area contributed by atoms with Gasteiger partial charge >= 0.3 is 0 Å². The van der Waals surface area contributed by atoms with Crippen LogP contribution in [-0.4, -0.2) is 33.3 Å². The molecule has 20 heavy (non-hydrogen) atoms. The largest absolute Gasteiger partial charge is 0.296 e. The van der Waals surface area contributed by atoms with Crippen LogP contribution in [0.15, 0.2) is 12.4 Å². The minimum atomic E-state index is 0.191. The summed E-state index contributed by atoms with van der Waals surface area (Å²) in [6.45, 7) is 2.44. The zero-order valence-corrected chi connectivity index (χ0v) is 12.5. The highest BCUT2D eigenvalue weighted by Crippen LogP contribution is 2.45. The van der Waals surface area contributed by atoms with Crippen molar-refractivity contribution in [2.75, 3.05) is 13.1 Å². The predicted molar refractivity (Wildman–Crippen MR) is 79.9 cm³/mol. The summed E-state index contributed by atoms with van der Waals surface area (Å²) in [6, 6.07) is 0.191. The van der Waals surface area contributed by atoms with E-state index in [4.69, 9.17) is 5.84 Å². The molecule has 0 radical (unpaired) electrons. The number of hydrogen-bond acceptors (Lipinski definition) is 4. The van der Waals surface area contributed by atoms with Gasteiger partial charge in [0, 0.05) is 24.3 Å². The third-order valence-corrected chi connectivity index (χ3v) is 5.22. The SMILES string of the molecule is Cn1cc(C(NN)C2(N3CCCCC3)CCCC2)cn1. The molecule has 3 rings (SSSR count). The molecule has 1 saturated heterocycles. The van der Waals surface area contributed by atoms with Gasteiger partial charge in [-0.2, -0.15) is 5.10 Å². The minimum Gasteiger partial charge on any atom is -0.296 e. The molecule has 0 bridgehead atoms. The van der Waals surface area contributed by atoms with Gasteiger partial charge in [0.05, 0.1) is 12.2 Å². The van der Waals surface area contributed by atoms with E-state index in [1.807, 2.05) is 17.9 Å². The lowest BCUT2D eigenvalue weighted by Gasteiger charge is -2.48. The quantitative estimate of drug-likeness (QED) is 0.650. The summed E-state index contributed by atoms with van der Waals surface area (Å²) in [6.07, 6.45) is 13.2. The van der Waals surface area contributed by atoms with Gasteiger partial charge in [0.25, 0.3) is 0 Å². The zero-order chi connectivity index (χ0) is 14.0. The standard InChI is InChI=1S/C15H27N5/c1-19-12-13(11-17-19)14(18-16)15(7-3-4-8-15)20-9-5-2-6-10-20/h11-12,14,18H,2-10,16H2,1H3. The van der Waals surface area contributed by atoms with Gasteiger partial charge in [-0.1, -0.05) is 19.3 Å². The van der Waals surface area contributed by atoms with Gasteiger partial charge in [0.1, 0.15) is 0 Å². The Morgan fingerprint density at radius 3 is 2.45 bits per heavy atom. The highest BCUT2D eigenvalue weighted by atomic mass is 15.3. The molecule has 1 aromatic heterocycles. The fourth-order valence-corrected chi connectivity index (χ4v) is 4.26. The van der Waals surface area contributed by atoms with Crippen molar-refractivity contribution >= 4 is 0 Å². The van der Waals surface area contributed by atoms with Crippen LogP contribution in [0.25, 0.3) is 0 Å². The molecule has 5 heteroatoms. The van der Waals surface area contributed by atoms with Crippen LogP contribution in [0.5, 0.6) is 0 Å². The highest BCUT2D eigenvalue weighted by molar-refractivity contribution is 5.19. The van der Waals surface area contributed by atoms with Crippen LogP contribution in [0.1, 0.15) is 56.6 Å². The lowest BCUT2D eigenvalue weighted by atomic mass is 9.82. The van der Waals surface area contributed by atoms with Crippen molar-refractivity contribution in [1.29, 1.82) is 0 Å². The maximum atomic E-state index is 5.97. The molecule has 2 heterocycles. The van der Waals surface area contributed by atoms with E-state index in [9.17, 15) is 0 Å². The van der Waals surface area contributed by atoms with E-state index in [0.29, 0.717) is 0 Å². The monoisotopic (exact) mass is 277 g/mol. The van der Waals surface area contributed by atoms with E-state index < -0.39 is 0 Å². The number of hydrogen-bond donors (Lipinski definition) is 2. The molecule has 1 unspecified atom stereocenters. The van der Waals surface area contributed by atoms with Crippen molar-refractivity contribution in [1.82, 2.24) is 20.1 Å². The van der Waals surface area contributed by atoms with Crippen molar-refractivity contribution in [3.05, 3.63) is 18.0 Å². The normalized spacial score (nSPS) is 24.9. The van der Waals surface area contributed by atoms with Gasteiger partial charge in [-0.25, -0.2) is 0 Å². The summed E-state index contributed by atoms with van der Waals surface area (Å²) in [5.41, 5.74) is 4.53. The Kier molecular flexibility index (Phi) is 4.10. The molecule has 1 saturated carbocycles. The summed E-state index contributed by atoms with van der Waals surface area (Å²) >= 11 is 0. The first-order chi connectivity index (χ1) is 9.76. The van der Waals surface area contributed by atoms with Crippen molar-refractivity contribution in [2.45, 2.75) is 56.5 Å². The van der Waals surface area contributed by atoms with E-state index in [2.05, 4.69) is 21.6 Å². The van der Waals surface area contributed by atoms with Crippen LogP contribution >= 0.6 is 0 Å². The number of nitrogens with zero attached hydrogens (tertiary/aromatic N) is 3. The first-order valence-electron chi connectivity index (χ1n) is 7.96. The molecule has 0 spiro atoms. The Morgan fingerprint density at radius 1 is 1.20 bits per heavy atom. The Bertz CT molecular complexity index is 429. The zero-order valence-electron chi connectivity index (χ0n) is 12.5. The van der Waals surface area contributed by atoms with Crippen LogP contribution < -0.4 is 11.3 Å². The first-order valence-corrected chi connectivity index (χ1v) is 7.96. The topological polar surface area (TPSA) is 59.1 Å². The molecule has 0 amide bonds. The Hall–Kier alpha value is -0.910. The highest BCUT2D eigenvalue weighted by Gasteiger charge is 2.46. The van der Waals surface area contributed by atoms with E-state index in [1.165, 1.54) is 63.6 Å². The smallest absolute Gasteiger partial charge is 0.0674 e. The number of piperidine rings is 1. The molecule has 1 atom stereocenters. The number of hydrazine groups is 1. The second-order valence-corrected chi connectivity index (χ2v) is 6.41. The average molecular weight is 277 g/mol. The summed E-state index contributed by atoms with van der Waals surface area (Å²) in [5, 5.41) is 4.34. The van der Waals surface area contributed by atoms with Crippen LogP contribution in [0, 0.1) is 0 Å². The average Bonchev–Trinajstić information content (AvgIpc) is 3.12. The Labute approximate surface area is 121 Å². The molecule has 3 N–H and O–H groups in total. The molecule has 5 nitrogen and oxygen atoms in total. The predicted octanol–water partition coefficient (Wildman–Crippen LogP) is 1.72. The van der Waals surface area contributed by atoms with E-state index in [0.717, 1.165) is 0 Å². The number of aromatic nitrogens is 2. The lowest BCUT2D eigenvalue weighted by Crippen LogP contribution is -2.57. The molecular weight excluding hydrogens is 250 g/mol. The third kappa shape index (κ3) is 2.38. The second kappa shape index (κ2) is 5.84. The van der Waals surface area contributed by atoms with Gasteiger partial charge in [-0.15, -0.1) is 0 Å². The second-order valence-electron chi connectivity index (χ2n) is 6.41. The van der Waals surface area contributed by atoms with Crippen LogP contribution in [-0.2, 0) is 7.05 Å². The molecule has 112 valence electrons. The molecule has 2 aliphatic rings. The summed E-state index contributed by atoms with van der Waals surface area (Å²) in [4.78, 5) is 2.71. The molecule has 2 fully saturated rings. The number of aryl methyl sites for hydroxylation is 1. The number of nitrogens with two attached hydrogens (primary N) is 1. The van der Waals surface area contributed by atoms with E-state index in [1.54, 1.807) is 0 Å². The number of rotatable bonds is 4. The fourth-order valence-electron chi connectivity index (χ4n) is 4.26. The number of nitrogens with one attached hydrogen (secondary N) is 1. The first kappa shape index (κ1) is 14.0. The van der Waals surface area contributed by atoms with E-state index >= 15 is 0 Å². The third-order valence-electron chi connectivity index (χ3n) is 5.22. The van der Waals surface area contributed by atoms with Crippen molar-refractivity contribution in [3.8, 4) is 0 Å². The van der Waals surface area contributed by atoms with Gasteiger partial charge in [0.2, 0.25) is 0 Å². The van der Waals surface area contributed by atoms with Crippen LogP contribution in [0.4, 0.5) is 0 Å². The molecule has 1 aliphatic carbocycles. The maximum absolute atomic E-state index is 5.97. The molecule has 1 aromatic rings. The van der Waals surface area contributed by atoms with Crippen LogP contribution in [0.3, 0.4) is 0 Å². The van der Waals surface area contributed by atoms with Crippen molar-refractivity contribution in [3.63, 3.8) is 0 Å². The maximum Gasteiger partial charge on any atom is 0.0674 e. The number of likely N-dealkylation sites (tertiary alicyclic amines) is 1. The van der Waals surface area contributed by atoms with Gasteiger partial charge in [-0.05, 0) is 38.8 Å².